The quantitative estimate of drug-likeness (QED) is 0.725. The van der Waals surface area contributed by atoms with E-state index in [1.54, 1.807) is 49.5 Å². The summed E-state index contributed by atoms with van der Waals surface area (Å²) in [5.41, 5.74) is 7.18. The first-order valence-corrected chi connectivity index (χ1v) is 9.18. The summed E-state index contributed by atoms with van der Waals surface area (Å²) < 4.78 is 0. The number of nitrogens with two attached hydrogens (primary N) is 1. The fourth-order valence-electron chi connectivity index (χ4n) is 3.48. The van der Waals surface area contributed by atoms with Gasteiger partial charge in [0.2, 0.25) is 0 Å². The second-order valence-corrected chi connectivity index (χ2v) is 6.81. The summed E-state index contributed by atoms with van der Waals surface area (Å²) in [6.07, 6.45) is 0. The van der Waals surface area contributed by atoms with Crippen LogP contribution in [0.5, 0.6) is 0 Å². The molecule has 0 aliphatic carbocycles. The summed E-state index contributed by atoms with van der Waals surface area (Å²) in [6.45, 7) is 0. The van der Waals surface area contributed by atoms with Gasteiger partial charge in [0.1, 0.15) is 0 Å². The van der Waals surface area contributed by atoms with Gasteiger partial charge < -0.3 is 11.1 Å². The Bertz CT molecular complexity index is 1100. The highest BCUT2D eigenvalue weighted by Crippen LogP contribution is 2.39. The Kier molecular flexibility index (Phi) is 4.60. The van der Waals surface area contributed by atoms with Gasteiger partial charge in [0, 0.05) is 18.3 Å². The Balaban J connectivity index is 1.77. The molecule has 6 nitrogen and oxygen atoms in total. The molecule has 3 aromatic rings. The number of likely N-dealkylation sites (N-methyl/N-ethyl adjacent to an activating group) is 1. The third kappa shape index (κ3) is 3.14. The third-order valence-electron chi connectivity index (χ3n) is 5.01. The molecular formula is C23H20N4O2. The molecule has 29 heavy (non-hydrogen) atoms. The van der Waals surface area contributed by atoms with E-state index in [9.17, 15) is 9.59 Å². The molecule has 0 spiro atoms. The van der Waals surface area contributed by atoms with Gasteiger partial charge in [-0.05, 0) is 35.4 Å². The maximum absolute atomic E-state index is 13.2. The smallest absolute Gasteiger partial charge is 0.266 e. The van der Waals surface area contributed by atoms with Crippen molar-refractivity contribution >= 4 is 23.5 Å². The van der Waals surface area contributed by atoms with E-state index in [0.717, 1.165) is 0 Å². The van der Waals surface area contributed by atoms with E-state index < -0.39 is 5.54 Å². The van der Waals surface area contributed by atoms with Gasteiger partial charge in [-0.3, -0.25) is 14.5 Å². The topological polar surface area (TPSA) is 87.8 Å². The number of benzene rings is 3. The zero-order valence-electron chi connectivity index (χ0n) is 15.9. The van der Waals surface area contributed by atoms with E-state index in [4.69, 9.17) is 5.73 Å². The molecule has 0 bridgehead atoms. The first-order chi connectivity index (χ1) is 14.0. The monoisotopic (exact) mass is 384 g/mol. The van der Waals surface area contributed by atoms with Crippen LogP contribution in [0, 0.1) is 0 Å². The maximum Gasteiger partial charge on any atom is 0.266 e. The van der Waals surface area contributed by atoms with Crippen LogP contribution in [-0.2, 0) is 10.3 Å². The van der Waals surface area contributed by atoms with Gasteiger partial charge in [0.25, 0.3) is 11.8 Å². The second-order valence-electron chi connectivity index (χ2n) is 6.81. The molecule has 0 saturated carbocycles. The number of hydrogen-bond acceptors (Lipinski definition) is 4. The van der Waals surface area contributed by atoms with E-state index in [0.29, 0.717) is 22.4 Å². The molecular weight excluding hydrogens is 364 g/mol. The Labute approximate surface area is 168 Å². The van der Waals surface area contributed by atoms with Crippen LogP contribution in [0.25, 0.3) is 0 Å². The van der Waals surface area contributed by atoms with Gasteiger partial charge >= 0.3 is 0 Å². The lowest BCUT2D eigenvalue weighted by atomic mass is 9.82. The Morgan fingerprint density at radius 2 is 1.55 bits per heavy atom. The molecule has 1 aliphatic rings. The molecule has 0 fully saturated rings. The van der Waals surface area contributed by atoms with Gasteiger partial charge in [0.05, 0.1) is 0 Å². The predicted octanol–water partition coefficient (Wildman–Crippen LogP) is 2.97. The van der Waals surface area contributed by atoms with Crippen molar-refractivity contribution in [3.63, 3.8) is 0 Å². The van der Waals surface area contributed by atoms with Crippen molar-refractivity contribution in [1.82, 2.24) is 4.90 Å². The molecule has 1 unspecified atom stereocenters. The van der Waals surface area contributed by atoms with E-state index >= 15 is 0 Å². The number of nitrogens with one attached hydrogen (secondary N) is 1. The molecule has 1 heterocycles. The molecule has 144 valence electrons. The number of guanidine groups is 1. The summed E-state index contributed by atoms with van der Waals surface area (Å²) >= 11 is 0. The number of aliphatic imine (C=N–C) groups is 1. The largest absolute Gasteiger partial charge is 0.369 e. The van der Waals surface area contributed by atoms with Crippen molar-refractivity contribution in [2.24, 2.45) is 10.7 Å². The van der Waals surface area contributed by atoms with Crippen molar-refractivity contribution in [3.05, 3.63) is 102 Å². The molecule has 0 radical (unpaired) electrons. The van der Waals surface area contributed by atoms with Crippen LogP contribution < -0.4 is 11.1 Å². The standard InChI is InChI=1S/C23H20N4O2/c1-27-21(29)23(26-22(27)24,17-11-6-3-7-12-17)18-13-8-14-19(15-18)25-20(28)16-9-4-2-5-10-16/h2-15H,1H3,(H2,24,26)(H,25,28). The zero-order chi connectivity index (χ0) is 20.4. The minimum absolute atomic E-state index is 0.151. The van der Waals surface area contributed by atoms with Crippen LogP contribution in [0.15, 0.2) is 89.9 Å². The average Bonchev–Trinajstić information content (AvgIpc) is 3.00. The van der Waals surface area contributed by atoms with E-state index in [1.165, 1.54) is 4.90 Å². The molecule has 3 aromatic carbocycles. The van der Waals surface area contributed by atoms with Crippen LogP contribution in [0.2, 0.25) is 0 Å². The first kappa shape index (κ1) is 18.4. The fourth-order valence-corrected chi connectivity index (χ4v) is 3.48. The predicted molar refractivity (Wildman–Crippen MR) is 112 cm³/mol. The molecule has 0 saturated heterocycles. The molecule has 1 aliphatic heterocycles. The van der Waals surface area contributed by atoms with Gasteiger partial charge in [-0.25, -0.2) is 4.99 Å². The minimum Gasteiger partial charge on any atom is -0.369 e. The Morgan fingerprint density at radius 3 is 2.17 bits per heavy atom. The van der Waals surface area contributed by atoms with Crippen LogP contribution in [-0.4, -0.2) is 29.7 Å². The number of hydrogen-bond donors (Lipinski definition) is 2. The molecule has 4 rings (SSSR count). The molecule has 1 atom stereocenters. The number of anilines is 1. The first-order valence-electron chi connectivity index (χ1n) is 9.18. The highest BCUT2D eigenvalue weighted by Gasteiger charge is 2.49. The number of carbonyl (C=O) groups excluding carboxylic acids is 2. The molecule has 0 aromatic heterocycles. The van der Waals surface area contributed by atoms with Crippen molar-refractivity contribution in [2.75, 3.05) is 12.4 Å². The highest BCUT2D eigenvalue weighted by molar-refractivity contribution is 6.09. The molecule has 3 N–H and O–H groups in total. The Morgan fingerprint density at radius 1 is 0.931 bits per heavy atom. The molecule has 2 amide bonds. The summed E-state index contributed by atoms with van der Waals surface area (Å²) in [4.78, 5) is 31.7. The molecule has 6 heteroatoms. The maximum atomic E-state index is 13.2. The van der Waals surface area contributed by atoms with Crippen LogP contribution >= 0.6 is 0 Å². The number of amides is 2. The number of rotatable bonds is 4. The van der Waals surface area contributed by atoms with Gasteiger partial charge in [-0.15, -0.1) is 0 Å². The van der Waals surface area contributed by atoms with Crippen molar-refractivity contribution in [1.29, 1.82) is 0 Å². The van der Waals surface area contributed by atoms with Crippen LogP contribution in [0.1, 0.15) is 21.5 Å². The Hall–Kier alpha value is -3.93. The van der Waals surface area contributed by atoms with E-state index in [1.807, 2.05) is 42.5 Å². The summed E-state index contributed by atoms with van der Waals surface area (Å²) in [5, 5.41) is 2.88. The van der Waals surface area contributed by atoms with E-state index in [-0.39, 0.29) is 17.8 Å². The average molecular weight is 384 g/mol. The lowest BCUT2D eigenvalue weighted by molar-refractivity contribution is -0.129. The van der Waals surface area contributed by atoms with Gasteiger partial charge in [-0.2, -0.15) is 0 Å². The zero-order valence-corrected chi connectivity index (χ0v) is 15.9. The number of nitrogens with zero attached hydrogens (tertiary/aromatic N) is 2. The highest BCUT2D eigenvalue weighted by atomic mass is 16.2. The second kappa shape index (κ2) is 7.24. The third-order valence-corrected chi connectivity index (χ3v) is 5.01. The van der Waals surface area contributed by atoms with E-state index in [2.05, 4.69) is 10.3 Å². The summed E-state index contributed by atoms with van der Waals surface area (Å²) in [7, 11) is 1.60. The van der Waals surface area contributed by atoms with Crippen molar-refractivity contribution < 1.29 is 9.59 Å². The summed E-state index contributed by atoms with van der Waals surface area (Å²) in [6, 6.07) is 25.4. The van der Waals surface area contributed by atoms with Crippen LogP contribution in [0.4, 0.5) is 5.69 Å². The van der Waals surface area contributed by atoms with Gasteiger partial charge in [-0.1, -0.05) is 60.7 Å². The summed E-state index contributed by atoms with van der Waals surface area (Å²) in [5.74, 6) is -0.320. The van der Waals surface area contributed by atoms with Crippen molar-refractivity contribution in [3.8, 4) is 0 Å². The minimum atomic E-state index is -1.28. The fraction of sp³-hybridized carbons (Fsp3) is 0.0870. The lowest BCUT2D eigenvalue weighted by Gasteiger charge is -2.26. The SMILES string of the molecule is CN1C(=O)C(c2ccccc2)(c2cccc(NC(=O)c3ccccc3)c2)N=C1N. The van der Waals surface area contributed by atoms with Crippen LogP contribution in [0.3, 0.4) is 0 Å². The number of carbonyl (C=O) groups is 2. The van der Waals surface area contributed by atoms with Crippen molar-refractivity contribution in [2.45, 2.75) is 5.54 Å². The normalized spacial score (nSPS) is 18.4. The van der Waals surface area contributed by atoms with Gasteiger partial charge in [0.15, 0.2) is 11.5 Å². The lowest BCUT2D eigenvalue weighted by Crippen LogP contribution is -2.41.